The topological polar surface area (TPSA) is 102 Å². The minimum atomic E-state index is -1.21. The van der Waals surface area contributed by atoms with Crippen LogP contribution < -0.4 is 10.5 Å². The Morgan fingerprint density at radius 2 is 1.89 bits per heavy atom. The van der Waals surface area contributed by atoms with Gasteiger partial charge in [0.15, 0.2) is 0 Å². The molecule has 0 heterocycles. The number of carbonyl (C=O) groups is 1. The first-order chi connectivity index (χ1) is 9.04. The Bertz CT molecular complexity index is 393. The lowest BCUT2D eigenvalue weighted by atomic mass is 10.0. The molecule has 106 valence electrons. The van der Waals surface area contributed by atoms with E-state index in [0.29, 0.717) is 24.5 Å². The molecule has 0 aliphatic rings. The van der Waals surface area contributed by atoms with Crippen molar-refractivity contribution >= 4 is 5.91 Å². The summed E-state index contributed by atoms with van der Waals surface area (Å²) < 4.78 is 10.2. The molecule has 1 aromatic rings. The highest BCUT2D eigenvalue weighted by atomic mass is 16.5. The van der Waals surface area contributed by atoms with Crippen LogP contribution in [0.2, 0.25) is 0 Å². The average molecular weight is 269 g/mol. The van der Waals surface area contributed by atoms with Gasteiger partial charge in [-0.1, -0.05) is 12.1 Å². The molecule has 1 amide bonds. The van der Waals surface area contributed by atoms with Crippen molar-refractivity contribution in [2.45, 2.75) is 18.6 Å². The van der Waals surface area contributed by atoms with Crippen LogP contribution in [-0.4, -0.2) is 42.5 Å². The maximum atomic E-state index is 10.7. The number of hydrogen-bond acceptors (Lipinski definition) is 5. The lowest BCUT2D eigenvalue weighted by molar-refractivity contribution is -0.121. The highest BCUT2D eigenvalue weighted by Crippen LogP contribution is 2.21. The third-order valence-electron chi connectivity index (χ3n) is 2.55. The number of nitrogens with two attached hydrogens (primary N) is 1. The zero-order valence-corrected chi connectivity index (χ0v) is 10.8. The van der Waals surface area contributed by atoms with Gasteiger partial charge in [-0.2, -0.15) is 0 Å². The molecule has 6 nitrogen and oxygen atoms in total. The van der Waals surface area contributed by atoms with Crippen molar-refractivity contribution < 1.29 is 24.5 Å². The molecule has 1 aromatic carbocycles. The Labute approximate surface area is 111 Å². The predicted molar refractivity (Wildman–Crippen MR) is 68.6 cm³/mol. The Balaban J connectivity index is 2.57. The van der Waals surface area contributed by atoms with Crippen molar-refractivity contribution in [2.75, 3.05) is 20.3 Å². The summed E-state index contributed by atoms with van der Waals surface area (Å²) in [4.78, 5) is 10.7. The van der Waals surface area contributed by atoms with Crippen LogP contribution in [0.5, 0.6) is 5.75 Å². The van der Waals surface area contributed by atoms with Crippen LogP contribution in [0.3, 0.4) is 0 Å². The Morgan fingerprint density at radius 1 is 1.26 bits per heavy atom. The standard InChI is InChI=1S/C13H19NO5/c1-18-6-7-19-10-4-2-9(3-5-10)13(17)11(15)8-12(14)16/h2-5,11,13,15,17H,6-8H2,1H3,(H2,14,16). The van der Waals surface area contributed by atoms with Crippen molar-refractivity contribution in [3.8, 4) is 5.75 Å². The second kappa shape index (κ2) is 7.73. The van der Waals surface area contributed by atoms with Crippen molar-refractivity contribution in [2.24, 2.45) is 5.73 Å². The van der Waals surface area contributed by atoms with Crippen LogP contribution in [0.1, 0.15) is 18.1 Å². The van der Waals surface area contributed by atoms with E-state index in [0.717, 1.165) is 0 Å². The van der Waals surface area contributed by atoms with Gasteiger partial charge in [-0.3, -0.25) is 4.79 Å². The van der Waals surface area contributed by atoms with Gasteiger partial charge in [0.2, 0.25) is 5.91 Å². The molecule has 2 atom stereocenters. The van der Waals surface area contributed by atoms with Gasteiger partial charge < -0.3 is 25.4 Å². The van der Waals surface area contributed by atoms with Gasteiger partial charge in [0.25, 0.3) is 0 Å². The van der Waals surface area contributed by atoms with E-state index in [1.807, 2.05) is 0 Å². The van der Waals surface area contributed by atoms with Gasteiger partial charge in [-0.25, -0.2) is 0 Å². The first-order valence-corrected chi connectivity index (χ1v) is 5.90. The van der Waals surface area contributed by atoms with Gasteiger partial charge in [-0.05, 0) is 17.7 Å². The second-order valence-electron chi connectivity index (χ2n) is 4.09. The van der Waals surface area contributed by atoms with E-state index in [2.05, 4.69) is 0 Å². The molecule has 2 unspecified atom stereocenters. The monoisotopic (exact) mass is 269 g/mol. The van der Waals surface area contributed by atoms with E-state index in [1.165, 1.54) is 0 Å². The molecule has 4 N–H and O–H groups in total. The minimum Gasteiger partial charge on any atom is -0.491 e. The van der Waals surface area contributed by atoms with E-state index in [4.69, 9.17) is 15.2 Å². The average Bonchev–Trinajstić information content (AvgIpc) is 2.38. The van der Waals surface area contributed by atoms with Gasteiger partial charge in [0.1, 0.15) is 18.5 Å². The lowest BCUT2D eigenvalue weighted by Crippen LogP contribution is -2.25. The number of methoxy groups -OCH3 is 1. The smallest absolute Gasteiger partial charge is 0.220 e. The second-order valence-corrected chi connectivity index (χ2v) is 4.09. The molecule has 0 spiro atoms. The summed E-state index contributed by atoms with van der Waals surface area (Å²) in [5.74, 6) is -0.0246. The summed E-state index contributed by atoms with van der Waals surface area (Å²) in [6.07, 6.45) is -2.65. The van der Waals surface area contributed by atoms with Crippen LogP contribution in [0, 0.1) is 0 Å². The van der Waals surface area contributed by atoms with Crippen LogP contribution in [0.25, 0.3) is 0 Å². The van der Waals surface area contributed by atoms with Crippen molar-refractivity contribution in [1.82, 2.24) is 0 Å². The summed E-state index contributed by atoms with van der Waals surface area (Å²) in [5, 5.41) is 19.4. The van der Waals surface area contributed by atoms with Gasteiger partial charge in [-0.15, -0.1) is 0 Å². The molecule has 0 aromatic heterocycles. The number of ether oxygens (including phenoxy) is 2. The largest absolute Gasteiger partial charge is 0.491 e. The minimum absolute atomic E-state index is 0.284. The van der Waals surface area contributed by atoms with Crippen LogP contribution in [0.15, 0.2) is 24.3 Å². The van der Waals surface area contributed by atoms with Crippen LogP contribution in [0.4, 0.5) is 0 Å². The fourth-order valence-electron chi connectivity index (χ4n) is 1.54. The zero-order chi connectivity index (χ0) is 14.3. The molecule has 0 fully saturated rings. The Hall–Kier alpha value is -1.63. The third kappa shape index (κ3) is 5.25. The number of hydrogen-bond donors (Lipinski definition) is 3. The van der Waals surface area contributed by atoms with E-state index >= 15 is 0 Å². The normalized spacial score (nSPS) is 13.8. The number of rotatable bonds is 8. The van der Waals surface area contributed by atoms with E-state index in [1.54, 1.807) is 31.4 Å². The van der Waals surface area contributed by atoms with Gasteiger partial charge in [0, 0.05) is 7.11 Å². The first kappa shape index (κ1) is 15.4. The number of aliphatic hydroxyl groups is 2. The highest BCUT2D eigenvalue weighted by Gasteiger charge is 2.20. The maximum absolute atomic E-state index is 10.7. The Kier molecular flexibility index (Phi) is 6.27. The molecule has 19 heavy (non-hydrogen) atoms. The number of carbonyl (C=O) groups excluding carboxylic acids is 1. The van der Waals surface area contributed by atoms with Crippen molar-refractivity contribution in [1.29, 1.82) is 0 Å². The van der Waals surface area contributed by atoms with Crippen molar-refractivity contribution in [3.63, 3.8) is 0 Å². The SMILES string of the molecule is COCCOc1ccc(C(O)C(O)CC(N)=O)cc1. The number of primary amides is 1. The van der Waals surface area contributed by atoms with Crippen molar-refractivity contribution in [3.05, 3.63) is 29.8 Å². The molecule has 0 bridgehead atoms. The highest BCUT2D eigenvalue weighted by molar-refractivity contribution is 5.74. The zero-order valence-electron chi connectivity index (χ0n) is 10.8. The van der Waals surface area contributed by atoms with E-state index in [-0.39, 0.29) is 6.42 Å². The van der Waals surface area contributed by atoms with E-state index in [9.17, 15) is 15.0 Å². The summed E-state index contributed by atoms with van der Waals surface area (Å²) in [7, 11) is 1.59. The van der Waals surface area contributed by atoms with Crippen LogP contribution >= 0.6 is 0 Å². The summed E-state index contributed by atoms with van der Waals surface area (Å²) in [6, 6.07) is 6.59. The summed E-state index contributed by atoms with van der Waals surface area (Å²) in [6.45, 7) is 0.921. The Morgan fingerprint density at radius 3 is 2.42 bits per heavy atom. The molecule has 0 aliphatic heterocycles. The maximum Gasteiger partial charge on any atom is 0.220 e. The quantitative estimate of drug-likeness (QED) is 0.576. The van der Waals surface area contributed by atoms with E-state index < -0.39 is 18.1 Å². The van der Waals surface area contributed by atoms with Crippen LogP contribution in [-0.2, 0) is 9.53 Å². The molecule has 0 aliphatic carbocycles. The lowest BCUT2D eigenvalue weighted by Gasteiger charge is -2.17. The fourth-order valence-corrected chi connectivity index (χ4v) is 1.54. The molecule has 0 radical (unpaired) electrons. The first-order valence-electron chi connectivity index (χ1n) is 5.90. The molecule has 0 saturated carbocycles. The number of benzene rings is 1. The molecular formula is C13H19NO5. The molecular weight excluding hydrogens is 250 g/mol. The molecule has 0 saturated heterocycles. The third-order valence-corrected chi connectivity index (χ3v) is 2.55. The number of amides is 1. The molecule has 6 heteroatoms. The van der Waals surface area contributed by atoms with Gasteiger partial charge >= 0.3 is 0 Å². The van der Waals surface area contributed by atoms with Gasteiger partial charge in [0.05, 0.1) is 19.1 Å². The summed E-state index contributed by atoms with van der Waals surface area (Å²) >= 11 is 0. The summed E-state index contributed by atoms with van der Waals surface area (Å²) in [5.41, 5.74) is 5.45. The number of aliphatic hydroxyl groups excluding tert-OH is 2. The predicted octanol–water partition coefficient (Wildman–Crippen LogP) is -0.0185. The molecule has 1 rings (SSSR count). The fraction of sp³-hybridized carbons (Fsp3) is 0.462.